The molecule has 3 rings (SSSR count). The number of aryl methyl sites for hydroxylation is 3. The van der Waals surface area contributed by atoms with Crippen molar-refractivity contribution in [3.63, 3.8) is 0 Å². The largest absolute Gasteiger partial charge is 0.348 e. The summed E-state index contributed by atoms with van der Waals surface area (Å²) in [5.41, 5.74) is 3.59. The van der Waals surface area contributed by atoms with Crippen LogP contribution in [0.25, 0.3) is 0 Å². The molecule has 0 saturated carbocycles. The van der Waals surface area contributed by atoms with Gasteiger partial charge in [0.2, 0.25) is 16.0 Å². The van der Waals surface area contributed by atoms with E-state index in [9.17, 15) is 8.42 Å². The van der Waals surface area contributed by atoms with Crippen LogP contribution in [-0.4, -0.2) is 45.3 Å². The van der Waals surface area contributed by atoms with E-state index in [4.69, 9.17) is 0 Å². The van der Waals surface area contributed by atoms with Gasteiger partial charge in [-0.15, -0.1) is 0 Å². The van der Waals surface area contributed by atoms with Crippen LogP contribution in [0.3, 0.4) is 0 Å². The molecule has 1 N–H and O–H groups in total. The molecule has 0 bridgehead atoms. The van der Waals surface area contributed by atoms with Crippen LogP contribution in [0.15, 0.2) is 12.1 Å². The number of aromatic nitrogens is 4. The highest BCUT2D eigenvalue weighted by Crippen LogP contribution is 2.16. The summed E-state index contributed by atoms with van der Waals surface area (Å²) >= 11 is 0. The zero-order valence-electron chi connectivity index (χ0n) is 14.2. The lowest BCUT2D eigenvalue weighted by Gasteiger charge is -2.16. The standard InChI is InChI=1S/C15H22N6O2S/c1-11-7-12(2)18-15(17-11)16-9-13-8-14-10-20(24(3,22)23)5-4-6-21(14)19-13/h7-8H,4-6,9-10H2,1-3H3,(H,16,17,18). The van der Waals surface area contributed by atoms with Crippen molar-refractivity contribution >= 4 is 16.0 Å². The van der Waals surface area contributed by atoms with Crippen molar-refractivity contribution in [2.24, 2.45) is 0 Å². The zero-order chi connectivity index (χ0) is 17.3. The molecular weight excluding hydrogens is 328 g/mol. The molecule has 0 aliphatic carbocycles. The maximum absolute atomic E-state index is 11.8. The summed E-state index contributed by atoms with van der Waals surface area (Å²) in [6.07, 6.45) is 2.01. The van der Waals surface area contributed by atoms with Crippen molar-refractivity contribution in [1.29, 1.82) is 0 Å². The Morgan fingerprint density at radius 2 is 1.88 bits per heavy atom. The highest BCUT2D eigenvalue weighted by Gasteiger charge is 2.22. The van der Waals surface area contributed by atoms with Gasteiger partial charge in [0, 0.05) is 24.5 Å². The van der Waals surface area contributed by atoms with Crippen LogP contribution >= 0.6 is 0 Å². The molecule has 0 fully saturated rings. The van der Waals surface area contributed by atoms with E-state index >= 15 is 0 Å². The number of hydrogen-bond acceptors (Lipinski definition) is 6. The third-order valence-corrected chi connectivity index (χ3v) is 5.16. The van der Waals surface area contributed by atoms with Gasteiger partial charge in [-0.3, -0.25) is 4.68 Å². The Bertz CT molecular complexity index is 825. The predicted molar refractivity (Wildman–Crippen MR) is 90.9 cm³/mol. The highest BCUT2D eigenvalue weighted by molar-refractivity contribution is 7.88. The Hall–Kier alpha value is -2.00. The first-order valence-corrected chi connectivity index (χ1v) is 9.73. The van der Waals surface area contributed by atoms with Crippen LogP contribution in [0.2, 0.25) is 0 Å². The van der Waals surface area contributed by atoms with Crippen LogP contribution in [0.5, 0.6) is 0 Å². The lowest BCUT2D eigenvalue weighted by Crippen LogP contribution is -2.29. The van der Waals surface area contributed by atoms with E-state index in [1.54, 1.807) is 0 Å². The number of hydrogen-bond donors (Lipinski definition) is 1. The summed E-state index contributed by atoms with van der Waals surface area (Å²) in [6.45, 7) is 5.98. The summed E-state index contributed by atoms with van der Waals surface area (Å²) in [6, 6.07) is 3.86. The molecule has 24 heavy (non-hydrogen) atoms. The Kier molecular flexibility index (Phi) is 4.55. The molecule has 0 saturated heterocycles. The van der Waals surface area contributed by atoms with Gasteiger partial charge in [-0.1, -0.05) is 0 Å². The van der Waals surface area contributed by atoms with Crippen molar-refractivity contribution in [2.75, 3.05) is 18.1 Å². The average Bonchev–Trinajstić information content (AvgIpc) is 2.73. The molecule has 1 aliphatic rings. The minimum Gasteiger partial charge on any atom is -0.348 e. The van der Waals surface area contributed by atoms with Crippen molar-refractivity contribution in [2.45, 2.75) is 39.9 Å². The van der Waals surface area contributed by atoms with Gasteiger partial charge in [-0.25, -0.2) is 18.4 Å². The molecule has 2 aromatic rings. The van der Waals surface area contributed by atoms with E-state index in [-0.39, 0.29) is 0 Å². The fourth-order valence-electron chi connectivity index (χ4n) is 2.84. The zero-order valence-corrected chi connectivity index (χ0v) is 15.0. The minimum absolute atomic E-state index is 0.367. The van der Waals surface area contributed by atoms with Crippen molar-refractivity contribution in [3.05, 3.63) is 34.9 Å². The van der Waals surface area contributed by atoms with Crippen LogP contribution < -0.4 is 5.32 Å². The van der Waals surface area contributed by atoms with Crippen molar-refractivity contribution in [1.82, 2.24) is 24.1 Å². The smallest absolute Gasteiger partial charge is 0.223 e. The topological polar surface area (TPSA) is 93.0 Å². The van der Waals surface area contributed by atoms with Gasteiger partial charge in [-0.05, 0) is 32.4 Å². The fraction of sp³-hybridized carbons (Fsp3) is 0.533. The Morgan fingerprint density at radius 3 is 2.54 bits per heavy atom. The lowest BCUT2D eigenvalue weighted by atomic mass is 10.3. The van der Waals surface area contributed by atoms with Gasteiger partial charge in [0.15, 0.2) is 0 Å². The molecule has 0 radical (unpaired) electrons. The van der Waals surface area contributed by atoms with Crippen LogP contribution in [0.1, 0.15) is 29.2 Å². The molecule has 0 spiro atoms. The van der Waals surface area contributed by atoms with Gasteiger partial charge in [-0.2, -0.15) is 9.40 Å². The maximum atomic E-state index is 11.8. The van der Waals surface area contributed by atoms with Crippen LogP contribution in [-0.2, 0) is 29.7 Å². The second-order valence-corrected chi connectivity index (χ2v) is 8.11. The summed E-state index contributed by atoms with van der Waals surface area (Å²) < 4.78 is 27.0. The predicted octanol–water partition coefficient (Wildman–Crippen LogP) is 1.07. The first-order valence-electron chi connectivity index (χ1n) is 7.88. The fourth-order valence-corrected chi connectivity index (χ4v) is 3.66. The molecule has 9 heteroatoms. The lowest BCUT2D eigenvalue weighted by molar-refractivity contribution is 0.414. The van der Waals surface area contributed by atoms with Crippen LogP contribution in [0, 0.1) is 13.8 Å². The van der Waals surface area contributed by atoms with Crippen molar-refractivity contribution < 1.29 is 8.42 Å². The molecule has 0 amide bonds. The monoisotopic (exact) mass is 350 g/mol. The third-order valence-electron chi connectivity index (χ3n) is 3.91. The number of sulfonamides is 1. The van der Waals surface area contributed by atoms with Crippen molar-refractivity contribution in [3.8, 4) is 0 Å². The molecule has 8 nitrogen and oxygen atoms in total. The van der Waals surface area contributed by atoms with Crippen LogP contribution in [0.4, 0.5) is 5.95 Å². The Morgan fingerprint density at radius 1 is 1.17 bits per heavy atom. The normalized spacial score (nSPS) is 15.8. The van der Waals surface area contributed by atoms with Gasteiger partial charge in [0.25, 0.3) is 0 Å². The van der Waals surface area contributed by atoms with Gasteiger partial charge >= 0.3 is 0 Å². The Balaban J connectivity index is 1.73. The first-order chi connectivity index (χ1) is 11.3. The third kappa shape index (κ3) is 3.90. The molecule has 0 aromatic carbocycles. The summed E-state index contributed by atoms with van der Waals surface area (Å²) in [5.74, 6) is 0.577. The molecule has 3 heterocycles. The number of rotatable bonds is 4. The summed E-state index contributed by atoms with van der Waals surface area (Å²) in [5, 5.41) is 7.74. The number of nitrogens with one attached hydrogen (secondary N) is 1. The van der Waals surface area contributed by atoms with E-state index in [0.717, 1.165) is 35.7 Å². The average molecular weight is 350 g/mol. The van der Waals surface area contributed by atoms with Gasteiger partial charge < -0.3 is 5.32 Å². The maximum Gasteiger partial charge on any atom is 0.223 e. The second-order valence-electron chi connectivity index (χ2n) is 6.13. The Labute approximate surface area is 142 Å². The van der Waals surface area contributed by atoms with E-state index in [0.29, 0.717) is 25.6 Å². The van der Waals surface area contributed by atoms with Gasteiger partial charge in [0.05, 0.1) is 30.7 Å². The van der Waals surface area contributed by atoms with E-state index in [1.165, 1.54) is 10.6 Å². The summed E-state index contributed by atoms with van der Waals surface area (Å²) in [4.78, 5) is 8.69. The first kappa shape index (κ1) is 16.8. The molecule has 0 unspecified atom stereocenters. The highest BCUT2D eigenvalue weighted by atomic mass is 32.2. The van der Waals surface area contributed by atoms with E-state index < -0.39 is 10.0 Å². The quantitative estimate of drug-likeness (QED) is 0.886. The molecule has 2 aromatic heterocycles. The summed E-state index contributed by atoms with van der Waals surface area (Å²) in [7, 11) is -3.19. The number of fused-ring (bicyclic) bond motifs is 1. The minimum atomic E-state index is -3.19. The molecule has 130 valence electrons. The number of anilines is 1. The second kappa shape index (κ2) is 6.48. The molecular formula is C15H22N6O2S. The SMILES string of the molecule is Cc1cc(C)nc(NCc2cc3n(n2)CCCN(S(C)(=O)=O)C3)n1. The van der Waals surface area contributed by atoms with E-state index in [2.05, 4.69) is 20.4 Å². The van der Waals surface area contributed by atoms with E-state index in [1.807, 2.05) is 30.7 Å². The number of nitrogens with zero attached hydrogens (tertiary/aromatic N) is 5. The molecule has 0 atom stereocenters. The van der Waals surface area contributed by atoms with Gasteiger partial charge in [0.1, 0.15) is 0 Å². The molecule has 1 aliphatic heterocycles.